The van der Waals surface area contributed by atoms with Gasteiger partial charge in [0.15, 0.2) is 0 Å². The zero-order chi connectivity index (χ0) is 27.6. The number of esters is 1. The van der Waals surface area contributed by atoms with E-state index < -0.39 is 27.3 Å². The molecule has 3 aromatic carbocycles. The molecule has 2 aliphatic heterocycles. The summed E-state index contributed by atoms with van der Waals surface area (Å²) in [5, 5.41) is 0.250. The Bertz CT molecular complexity index is 1440. The van der Waals surface area contributed by atoms with E-state index in [1.807, 2.05) is 30.3 Å². The summed E-state index contributed by atoms with van der Waals surface area (Å²) in [6.45, 7) is 3.40. The van der Waals surface area contributed by atoms with Crippen molar-refractivity contribution in [2.24, 2.45) is 0 Å². The molecule has 0 saturated carbocycles. The molecule has 0 amide bonds. The number of rotatable bonds is 9. The van der Waals surface area contributed by atoms with Gasteiger partial charge in [0.05, 0.1) is 16.5 Å². The van der Waals surface area contributed by atoms with Gasteiger partial charge in [-0.2, -0.15) is 4.31 Å². The SMILES string of the molecule is CCOC(=O)C12CCC(CN(Cc3ccccc3)C1)N2S(=O)(=O)c1ccc(OCc2ccc(F)cc2Cl)cc1. The Morgan fingerprint density at radius 1 is 1.10 bits per heavy atom. The molecule has 5 rings (SSSR count). The fourth-order valence-electron chi connectivity index (χ4n) is 5.56. The summed E-state index contributed by atoms with van der Waals surface area (Å²) in [6.07, 6.45) is 0.976. The molecule has 7 nitrogen and oxygen atoms in total. The van der Waals surface area contributed by atoms with E-state index in [0.717, 1.165) is 5.56 Å². The maximum Gasteiger partial charge on any atom is 0.328 e. The van der Waals surface area contributed by atoms with Gasteiger partial charge < -0.3 is 9.47 Å². The lowest BCUT2D eigenvalue weighted by molar-refractivity contribution is -0.157. The molecule has 2 aliphatic rings. The van der Waals surface area contributed by atoms with Crippen LogP contribution in [0.3, 0.4) is 0 Å². The first-order valence-electron chi connectivity index (χ1n) is 12.9. The third kappa shape index (κ3) is 5.54. The van der Waals surface area contributed by atoms with Gasteiger partial charge in [-0.15, -0.1) is 0 Å². The van der Waals surface area contributed by atoms with Crippen molar-refractivity contribution in [3.8, 4) is 5.75 Å². The summed E-state index contributed by atoms with van der Waals surface area (Å²) >= 11 is 6.07. The predicted molar refractivity (Wildman–Crippen MR) is 145 cm³/mol. The Labute approximate surface area is 233 Å². The zero-order valence-corrected chi connectivity index (χ0v) is 23.1. The second kappa shape index (κ2) is 11.3. The van der Waals surface area contributed by atoms with Crippen LogP contribution in [0.15, 0.2) is 77.7 Å². The summed E-state index contributed by atoms with van der Waals surface area (Å²) in [4.78, 5) is 15.6. The summed E-state index contributed by atoms with van der Waals surface area (Å²) in [5.74, 6) is -0.510. The largest absolute Gasteiger partial charge is 0.489 e. The van der Waals surface area contributed by atoms with Crippen LogP contribution in [0.5, 0.6) is 5.75 Å². The molecule has 0 spiro atoms. The van der Waals surface area contributed by atoms with Crippen LogP contribution in [0.1, 0.15) is 30.9 Å². The van der Waals surface area contributed by atoms with Gasteiger partial charge in [0, 0.05) is 31.2 Å². The first-order valence-corrected chi connectivity index (χ1v) is 14.7. The van der Waals surface area contributed by atoms with Crippen LogP contribution in [-0.2, 0) is 32.7 Å². The van der Waals surface area contributed by atoms with E-state index in [-0.39, 0.29) is 35.7 Å². The number of fused-ring (bicyclic) bond motifs is 2. The highest BCUT2D eigenvalue weighted by atomic mass is 35.5. The van der Waals surface area contributed by atoms with Crippen LogP contribution in [0, 0.1) is 5.82 Å². The lowest BCUT2D eigenvalue weighted by Crippen LogP contribution is -2.66. The van der Waals surface area contributed by atoms with Gasteiger partial charge >= 0.3 is 5.97 Å². The number of ether oxygens (including phenoxy) is 2. The van der Waals surface area contributed by atoms with Crippen molar-refractivity contribution in [3.63, 3.8) is 0 Å². The standard InChI is InChI=1S/C29H30ClFN2O5S/c1-2-37-28(34)29-15-14-24(18-32(20-29)17-21-6-4-3-5-7-21)33(29)39(35,36)26-12-10-25(11-13-26)38-19-22-8-9-23(31)16-27(22)30/h3-13,16,24H,2,14-15,17-20H2,1H3. The first kappa shape index (κ1) is 27.6. The molecule has 2 bridgehead atoms. The number of sulfonamides is 1. The quantitative estimate of drug-likeness (QED) is 0.335. The minimum absolute atomic E-state index is 0.0757. The molecule has 10 heteroatoms. The van der Waals surface area contributed by atoms with Gasteiger partial charge in [-0.05, 0) is 61.7 Å². The number of likely N-dealkylation sites (tertiary alicyclic amines) is 1. The van der Waals surface area contributed by atoms with E-state index in [1.54, 1.807) is 25.1 Å². The molecule has 2 heterocycles. The predicted octanol–water partition coefficient (Wildman–Crippen LogP) is 5.03. The van der Waals surface area contributed by atoms with Crippen molar-refractivity contribution in [3.05, 3.63) is 94.8 Å². The van der Waals surface area contributed by atoms with Gasteiger partial charge in [-0.3, -0.25) is 4.90 Å². The van der Waals surface area contributed by atoms with Crippen LogP contribution >= 0.6 is 11.6 Å². The molecule has 206 valence electrons. The Kier molecular flexibility index (Phi) is 7.96. The molecule has 0 radical (unpaired) electrons. The third-order valence-electron chi connectivity index (χ3n) is 7.29. The average molecular weight is 573 g/mol. The first-order chi connectivity index (χ1) is 18.7. The molecule has 2 fully saturated rings. The van der Waals surface area contributed by atoms with Gasteiger partial charge in [0.2, 0.25) is 10.0 Å². The summed E-state index contributed by atoms with van der Waals surface area (Å²) in [5.41, 5.74) is 0.418. The van der Waals surface area contributed by atoms with Crippen LogP contribution < -0.4 is 4.74 Å². The highest BCUT2D eigenvalue weighted by Crippen LogP contribution is 2.44. The highest BCUT2D eigenvalue weighted by molar-refractivity contribution is 7.89. The lowest BCUT2D eigenvalue weighted by Gasteiger charge is -2.46. The van der Waals surface area contributed by atoms with Crippen molar-refractivity contribution in [1.29, 1.82) is 0 Å². The second-order valence-electron chi connectivity index (χ2n) is 9.90. The summed E-state index contributed by atoms with van der Waals surface area (Å²) in [7, 11) is -4.02. The van der Waals surface area contributed by atoms with E-state index in [0.29, 0.717) is 37.2 Å². The van der Waals surface area contributed by atoms with Crippen molar-refractivity contribution >= 4 is 27.6 Å². The summed E-state index contributed by atoms with van der Waals surface area (Å²) < 4.78 is 53.9. The third-order valence-corrected chi connectivity index (χ3v) is 9.68. The smallest absolute Gasteiger partial charge is 0.328 e. The molecule has 3 aromatic rings. The maximum atomic E-state index is 14.0. The molecule has 39 heavy (non-hydrogen) atoms. The van der Waals surface area contributed by atoms with Crippen molar-refractivity contribution in [2.75, 3.05) is 19.7 Å². The Morgan fingerprint density at radius 3 is 2.54 bits per heavy atom. The topological polar surface area (TPSA) is 76.2 Å². The fourth-order valence-corrected chi connectivity index (χ4v) is 7.74. The van der Waals surface area contributed by atoms with Crippen LogP contribution in [0.25, 0.3) is 0 Å². The van der Waals surface area contributed by atoms with Gasteiger partial charge in [-0.1, -0.05) is 48.0 Å². The zero-order valence-electron chi connectivity index (χ0n) is 21.6. The Balaban J connectivity index is 1.37. The Morgan fingerprint density at radius 2 is 1.85 bits per heavy atom. The molecule has 2 atom stereocenters. The number of piperazine rings is 1. The normalized spacial score (nSPS) is 21.6. The number of hydrogen-bond acceptors (Lipinski definition) is 6. The van der Waals surface area contributed by atoms with E-state index >= 15 is 0 Å². The van der Waals surface area contributed by atoms with Gasteiger partial charge in [0.25, 0.3) is 0 Å². The summed E-state index contributed by atoms with van der Waals surface area (Å²) in [6, 6.07) is 19.7. The monoisotopic (exact) mass is 572 g/mol. The number of carbonyl (C=O) groups is 1. The average Bonchev–Trinajstić information content (AvgIpc) is 3.18. The van der Waals surface area contributed by atoms with Gasteiger partial charge in [0.1, 0.15) is 23.7 Å². The second-order valence-corrected chi connectivity index (χ2v) is 12.1. The minimum Gasteiger partial charge on any atom is -0.489 e. The van der Waals surface area contributed by atoms with E-state index in [1.165, 1.54) is 28.6 Å². The van der Waals surface area contributed by atoms with E-state index in [4.69, 9.17) is 21.1 Å². The van der Waals surface area contributed by atoms with Crippen molar-refractivity contribution in [1.82, 2.24) is 9.21 Å². The van der Waals surface area contributed by atoms with Gasteiger partial charge in [-0.25, -0.2) is 17.6 Å². The van der Waals surface area contributed by atoms with Crippen molar-refractivity contribution in [2.45, 2.75) is 49.4 Å². The molecule has 0 aliphatic carbocycles. The molecule has 2 unspecified atom stereocenters. The molecule has 2 saturated heterocycles. The molecular weight excluding hydrogens is 543 g/mol. The van der Waals surface area contributed by atoms with Crippen molar-refractivity contribution < 1.29 is 27.1 Å². The van der Waals surface area contributed by atoms with Crippen LogP contribution in [-0.4, -0.2) is 54.9 Å². The fraction of sp³-hybridized carbons (Fsp3) is 0.345. The van der Waals surface area contributed by atoms with Crippen LogP contribution in [0.2, 0.25) is 5.02 Å². The number of carbonyl (C=O) groups excluding carboxylic acids is 1. The number of nitrogens with zero attached hydrogens (tertiary/aromatic N) is 2. The van der Waals surface area contributed by atoms with E-state index in [9.17, 15) is 17.6 Å². The number of benzene rings is 3. The maximum absolute atomic E-state index is 14.0. The molecule has 0 N–H and O–H groups in total. The van der Waals surface area contributed by atoms with Crippen LogP contribution in [0.4, 0.5) is 4.39 Å². The number of halogens is 2. The number of hydrogen-bond donors (Lipinski definition) is 0. The lowest BCUT2D eigenvalue weighted by atomic mass is 9.96. The van der Waals surface area contributed by atoms with E-state index in [2.05, 4.69) is 4.90 Å². The minimum atomic E-state index is -4.02. The molecular formula is C29H30ClFN2O5S. The highest BCUT2D eigenvalue weighted by Gasteiger charge is 2.61. The Hall–Kier alpha value is -2.98. The molecule has 0 aromatic heterocycles.